The van der Waals surface area contributed by atoms with Crippen LogP contribution in [0.3, 0.4) is 0 Å². The average Bonchev–Trinajstić information content (AvgIpc) is 2.95. The van der Waals surface area contributed by atoms with Crippen LogP contribution in [0.1, 0.15) is 17.0 Å². The van der Waals surface area contributed by atoms with Gasteiger partial charge in [-0.05, 0) is 22.3 Å². The molecule has 5 nitrogen and oxygen atoms in total. The van der Waals surface area contributed by atoms with E-state index in [1.54, 1.807) is 0 Å². The molecule has 1 aliphatic carbocycles. The average molecular weight is 327 g/mol. The van der Waals surface area contributed by atoms with Crippen LogP contribution in [0.4, 0.5) is 4.79 Å². The third-order valence-electron chi connectivity index (χ3n) is 4.35. The number of hydrogen-bond donors (Lipinski definition) is 2. The lowest BCUT2D eigenvalue weighted by Gasteiger charge is -2.16. The molecule has 1 atom stereocenters. The minimum Gasteiger partial charge on any atom is -0.449 e. The zero-order valence-electron chi connectivity index (χ0n) is 13.6. The highest BCUT2D eigenvalue weighted by Crippen LogP contribution is 2.44. The van der Waals surface area contributed by atoms with E-state index in [1.165, 1.54) is 29.4 Å². The van der Waals surface area contributed by atoms with Gasteiger partial charge in [0.15, 0.2) is 0 Å². The largest absolute Gasteiger partial charge is 0.449 e. The van der Waals surface area contributed by atoms with Crippen molar-refractivity contribution in [2.24, 2.45) is 0 Å². The first-order chi connectivity index (χ1) is 11.7. The third kappa shape index (κ3) is 3.27. The van der Waals surface area contributed by atoms with Gasteiger partial charge in [0.05, 0.1) is 12.7 Å². The number of rotatable bonds is 6. The van der Waals surface area contributed by atoms with Crippen LogP contribution in [0.15, 0.2) is 48.5 Å². The van der Waals surface area contributed by atoms with Crippen molar-refractivity contribution in [3.63, 3.8) is 0 Å². The number of carbonyl (C=O) groups is 1. The normalized spacial score (nSPS) is 13.9. The summed E-state index contributed by atoms with van der Waals surface area (Å²) in [5.41, 5.74) is 4.75. The first kappa shape index (κ1) is 16.5. The van der Waals surface area contributed by atoms with Gasteiger partial charge in [-0.1, -0.05) is 48.5 Å². The standard InChI is InChI=1S/C19H21NO4/c1-23-13(11-21)10-20-19(22)24-12-18-16-8-4-2-6-14(16)15-7-3-5-9-17(15)18/h2-9,13,18,21H,10-12H2,1H3,(H,20,22). The summed E-state index contributed by atoms with van der Waals surface area (Å²) in [4.78, 5) is 11.9. The topological polar surface area (TPSA) is 67.8 Å². The lowest BCUT2D eigenvalue weighted by Crippen LogP contribution is -2.36. The molecule has 1 aliphatic rings. The van der Waals surface area contributed by atoms with Crippen LogP contribution in [0.2, 0.25) is 0 Å². The van der Waals surface area contributed by atoms with Gasteiger partial charge in [0.2, 0.25) is 0 Å². The van der Waals surface area contributed by atoms with Crippen molar-refractivity contribution >= 4 is 6.09 Å². The van der Waals surface area contributed by atoms with Gasteiger partial charge in [-0.15, -0.1) is 0 Å². The molecule has 2 aromatic carbocycles. The number of amides is 1. The number of aliphatic hydroxyl groups is 1. The first-order valence-electron chi connectivity index (χ1n) is 7.97. The van der Waals surface area contributed by atoms with Gasteiger partial charge in [-0.25, -0.2) is 4.79 Å². The van der Waals surface area contributed by atoms with Gasteiger partial charge >= 0.3 is 6.09 Å². The highest BCUT2D eigenvalue weighted by atomic mass is 16.5. The fraction of sp³-hybridized carbons (Fsp3) is 0.316. The number of alkyl carbamates (subject to hydrolysis) is 1. The lowest BCUT2D eigenvalue weighted by atomic mass is 9.98. The molecule has 0 aromatic heterocycles. The van der Waals surface area contributed by atoms with Crippen molar-refractivity contribution in [1.82, 2.24) is 5.32 Å². The zero-order valence-corrected chi connectivity index (χ0v) is 13.6. The molecule has 3 rings (SSSR count). The summed E-state index contributed by atoms with van der Waals surface area (Å²) in [7, 11) is 1.49. The fourth-order valence-electron chi connectivity index (χ4n) is 3.07. The second-order valence-corrected chi connectivity index (χ2v) is 5.75. The van der Waals surface area contributed by atoms with Gasteiger partial charge in [-0.3, -0.25) is 0 Å². The predicted molar refractivity (Wildman–Crippen MR) is 91.0 cm³/mol. The van der Waals surface area contributed by atoms with Gasteiger partial charge < -0.3 is 19.9 Å². The molecule has 0 spiro atoms. The molecule has 0 saturated carbocycles. The van der Waals surface area contributed by atoms with Gasteiger partial charge in [0.1, 0.15) is 6.61 Å². The third-order valence-corrected chi connectivity index (χ3v) is 4.35. The molecule has 24 heavy (non-hydrogen) atoms. The Hall–Kier alpha value is -2.37. The molecule has 0 radical (unpaired) electrons. The molecule has 2 N–H and O–H groups in total. The van der Waals surface area contributed by atoms with E-state index in [0.717, 1.165) is 0 Å². The maximum absolute atomic E-state index is 11.9. The minimum absolute atomic E-state index is 0.0409. The second-order valence-electron chi connectivity index (χ2n) is 5.75. The molecule has 0 saturated heterocycles. The minimum atomic E-state index is -0.507. The predicted octanol–water partition coefficient (Wildman–Crippen LogP) is 2.53. The molecule has 1 unspecified atom stereocenters. The summed E-state index contributed by atoms with van der Waals surface area (Å²) in [5.74, 6) is 0.0409. The maximum atomic E-state index is 11.9. The fourth-order valence-corrected chi connectivity index (χ4v) is 3.07. The SMILES string of the molecule is COC(CO)CNC(=O)OCC1c2ccccc2-c2ccccc21. The molecule has 0 heterocycles. The molecule has 1 amide bonds. The second kappa shape index (κ2) is 7.47. The monoisotopic (exact) mass is 327 g/mol. The van der Waals surface area contributed by atoms with Crippen molar-refractivity contribution in [3.8, 4) is 11.1 Å². The number of nitrogens with one attached hydrogen (secondary N) is 1. The Kier molecular flexibility index (Phi) is 5.13. The Balaban J connectivity index is 1.66. The summed E-state index contributed by atoms with van der Waals surface area (Å²) in [5, 5.41) is 11.7. The summed E-state index contributed by atoms with van der Waals surface area (Å²) in [6.45, 7) is 0.334. The molecule has 2 aromatic rings. The highest BCUT2D eigenvalue weighted by Gasteiger charge is 2.28. The van der Waals surface area contributed by atoms with E-state index in [-0.39, 0.29) is 25.7 Å². The van der Waals surface area contributed by atoms with E-state index in [4.69, 9.17) is 14.6 Å². The van der Waals surface area contributed by atoms with E-state index < -0.39 is 12.2 Å². The molecular weight excluding hydrogens is 306 g/mol. The first-order valence-corrected chi connectivity index (χ1v) is 7.97. The Morgan fingerprint density at radius 1 is 1.12 bits per heavy atom. The smallest absolute Gasteiger partial charge is 0.407 e. The van der Waals surface area contributed by atoms with Crippen LogP contribution in [0.5, 0.6) is 0 Å². The number of fused-ring (bicyclic) bond motifs is 3. The summed E-state index contributed by atoms with van der Waals surface area (Å²) in [6, 6.07) is 16.4. The number of ether oxygens (including phenoxy) is 2. The van der Waals surface area contributed by atoms with Crippen molar-refractivity contribution in [2.45, 2.75) is 12.0 Å². The van der Waals surface area contributed by atoms with Crippen LogP contribution in [-0.2, 0) is 9.47 Å². The Morgan fingerprint density at radius 3 is 2.25 bits per heavy atom. The number of benzene rings is 2. The summed E-state index contributed by atoms with van der Waals surface area (Å²) in [6.07, 6.45) is -0.933. The zero-order chi connectivity index (χ0) is 16.9. The molecule has 0 aliphatic heterocycles. The van der Waals surface area contributed by atoms with Crippen LogP contribution in [-0.4, -0.2) is 44.2 Å². The number of aliphatic hydroxyl groups excluding tert-OH is 1. The van der Waals surface area contributed by atoms with Crippen molar-refractivity contribution in [1.29, 1.82) is 0 Å². The lowest BCUT2D eigenvalue weighted by molar-refractivity contribution is 0.0475. The van der Waals surface area contributed by atoms with E-state index in [0.29, 0.717) is 0 Å². The van der Waals surface area contributed by atoms with Gasteiger partial charge in [-0.2, -0.15) is 0 Å². The van der Waals surface area contributed by atoms with Crippen molar-refractivity contribution in [2.75, 3.05) is 26.9 Å². The van der Waals surface area contributed by atoms with Crippen LogP contribution in [0, 0.1) is 0 Å². The van der Waals surface area contributed by atoms with Crippen LogP contribution >= 0.6 is 0 Å². The molecule has 5 heteroatoms. The maximum Gasteiger partial charge on any atom is 0.407 e. The highest BCUT2D eigenvalue weighted by molar-refractivity contribution is 5.79. The Labute approximate surface area is 141 Å². The Bertz CT molecular complexity index is 667. The Morgan fingerprint density at radius 2 is 1.71 bits per heavy atom. The molecular formula is C19H21NO4. The van der Waals surface area contributed by atoms with Crippen molar-refractivity contribution < 1.29 is 19.4 Å². The number of methoxy groups -OCH3 is 1. The van der Waals surface area contributed by atoms with Crippen molar-refractivity contribution in [3.05, 3.63) is 59.7 Å². The quantitative estimate of drug-likeness (QED) is 0.855. The van der Waals surface area contributed by atoms with Crippen LogP contribution in [0.25, 0.3) is 11.1 Å². The van der Waals surface area contributed by atoms with E-state index in [2.05, 4.69) is 29.6 Å². The van der Waals surface area contributed by atoms with Crippen LogP contribution < -0.4 is 5.32 Å². The number of carbonyl (C=O) groups excluding carboxylic acids is 1. The number of hydrogen-bond acceptors (Lipinski definition) is 4. The molecule has 126 valence electrons. The molecule has 0 bridgehead atoms. The summed E-state index contributed by atoms with van der Waals surface area (Å²) >= 11 is 0. The van der Waals surface area contributed by atoms with E-state index >= 15 is 0 Å². The van der Waals surface area contributed by atoms with Gasteiger partial charge in [0.25, 0.3) is 0 Å². The van der Waals surface area contributed by atoms with E-state index in [1.807, 2.05) is 24.3 Å². The summed E-state index contributed by atoms with van der Waals surface area (Å²) < 4.78 is 10.4. The van der Waals surface area contributed by atoms with E-state index in [9.17, 15) is 4.79 Å². The molecule has 0 fully saturated rings. The van der Waals surface area contributed by atoms with Gasteiger partial charge in [0, 0.05) is 19.6 Å².